The van der Waals surface area contributed by atoms with E-state index >= 15 is 0 Å². The van der Waals surface area contributed by atoms with E-state index < -0.39 is 11.7 Å². The normalized spacial score (nSPS) is 19.8. The molecular weight excluding hydrogens is 339 g/mol. The summed E-state index contributed by atoms with van der Waals surface area (Å²) in [4.78, 5) is 24.8. The van der Waals surface area contributed by atoms with Gasteiger partial charge in [-0.05, 0) is 42.7 Å². The first-order valence-corrected chi connectivity index (χ1v) is 8.32. The van der Waals surface area contributed by atoms with Crippen LogP contribution in [-0.2, 0) is 4.79 Å². The molecule has 2 amide bonds. The van der Waals surface area contributed by atoms with Gasteiger partial charge in [0, 0.05) is 17.7 Å². The molecule has 2 aromatic carbocycles. The highest BCUT2D eigenvalue weighted by molar-refractivity contribution is 6.10. The van der Waals surface area contributed by atoms with Gasteiger partial charge in [0.1, 0.15) is 5.82 Å². The average molecular weight is 356 g/mol. The van der Waals surface area contributed by atoms with Crippen LogP contribution in [0.2, 0.25) is 0 Å². The van der Waals surface area contributed by atoms with Crippen LogP contribution in [0.4, 0.5) is 15.8 Å². The van der Waals surface area contributed by atoms with Crippen LogP contribution in [0, 0.1) is 17.7 Å². The Morgan fingerprint density at radius 2 is 1.85 bits per heavy atom. The summed E-state index contributed by atoms with van der Waals surface area (Å²) >= 11 is 0. The number of carbonyl (C=O) groups is 2. The lowest BCUT2D eigenvalue weighted by atomic mass is 10.1. The smallest absolute Gasteiger partial charge is 0.257 e. The van der Waals surface area contributed by atoms with Gasteiger partial charge in [-0.25, -0.2) is 4.39 Å². The summed E-state index contributed by atoms with van der Waals surface area (Å²) in [6.07, 6.45) is 0.825. The molecule has 2 atom stereocenters. The summed E-state index contributed by atoms with van der Waals surface area (Å²) in [7, 11) is 0. The second-order valence-corrected chi connectivity index (χ2v) is 6.52. The monoisotopic (exact) mass is 356 g/mol. The van der Waals surface area contributed by atoms with Gasteiger partial charge >= 0.3 is 0 Å². The van der Waals surface area contributed by atoms with Crippen molar-refractivity contribution in [3.8, 4) is 11.5 Å². The number of carbonyl (C=O) groups excluding carboxylic acids is 2. The predicted molar refractivity (Wildman–Crippen MR) is 92.8 cm³/mol. The van der Waals surface area contributed by atoms with Crippen LogP contribution in [-0.4, -0.2) is 18.6 Å². The third-order valence-electron chi connectivity index (χ3n) is 4.56. The molecule has 1 aliphatic carbocycles. The van der Waals surface area contributed by atoms with Gasteiger partial charge in [0.05, 0.1) is 11.3 Å². The first-order valence-electron chi connectivity index (χ1n) is 8.32. The van der Waals surface area contributed by atoms with Gasteiger partial charge in [0.15, 0.2) is 11.5 Å². The number of hydrogen-bond acceptors (Lipinski definition) is 4. The number of rotatable bonds is 4. The first kappa shape index (κ1) is 16.4. The van der Waals surface area contributed by atoms with Crippen LogP contribution >= 0.6 is 0 Å². The van der Waals surface area contributed by atoms with E-state index in [0.29, 0.717) is 23.1 Å². The summed E-state index contributed by atoms with van der Waals surface area (Å²) in [5.41, 5.74) is 0.828. The molecule has 1 fully saturated rings. The lowest BCUT2D eigenvalue weighted by Gasteiger charge is -2.12. The van der Waals surface area contributed by atoms with Crippen molar-refractivity contribution in [3.05, 3.63) is 47.8 Å². The highest BCUT2D eigenvalue weighted by Crippen LogP contribution is 2.39. The zero-order valence-corrected chi connectivity index (χ0v) is 14.0. The van der Waals surface area contributed by atoms with Gasteiger partial charge in [0.2, 0.25) is 12.7 Å². The summed E-state index contributed by atoms with van der Waals surface area (Å²) in [6.45, 7) is 2.12. The molecule has 2 N–H and O–H groups in total. The third kappa shape index (κ3) is 3.20. The quantitative estimate of drug-likeness (QED) is 0.880. The molecule has 0 spiro atoms. The van der Waals surface area contributed by atoms with Crippen molar-refractivity contribution in [3.63, 3.8) is 0 Å². The Balaban J connectivity index is 1.54. The lowest BCUT2D eigenvalue weighted by molar-refractivity contribution is -0.117. The number of benzene rings is 2. The minimum absolute atomic E-state index is 0.0511. The minimum atomic E-state index is -0.557. The van der Waals surface area contributed by atoms with Gasteiger partial charge in [0.25, 0.3) is 5.91 Å². The molecule has 134 valence electrons. The fourth-order valence-corrected chi connectivity index (χ4v) is 2.90. The Labute approximate surface area is 149 Å². The van der Waals surface area contributed by atoms with E-state index in [1.54, 1.807) is 18.2 Å². The fourth-order valence-electron chi connectivity index (χ4n) is 2.90. The summed E-state index contributed by atoms with van der Waals surface area (Å²) in [5.74, 6) is 0.173. The van der Waals surface area contributed by atoms with Crippen molar-refractivity contribution in [1.82, 2.24) is 0 Å². The molecule has 2 aromatic rings. The molecule has 0 unspecified atom stereocenters. The van der Waals surface area contributed by atoms with Crippen molar-refractivity contribution in [2.45, 2.75) is 13.3 Å². The van der Waals surface area contributed by atoms with Gasteiger partial charge in [-0.15, -0.1) is 0 Å². The summed E-state index contributed by atoms with van der Waals surface area (Å²) in [5, 5.41) is 5.42. The average Bonchev–Trinajstić information content (AvgIpc) is 3.16. The number of ether oxygens (including phenoxy) is 2. The van der Waals surface area contributed by atoms with E-state index in [0.717, 1.165) is 12.5 Å². The Morgan fingerprint density at radius 1 is 1.08 bits per heavy atom. The van der Waals surface area contributed by atoms with E-state index in [9.17, 15) is 14.0 Å². The predicted octanol–water partition coefficient (Wildman–Crippen LogP) is 3.40. The van der Waals surface area contributed by atoms with Gasteiger partial charge < -0.3 is 20.1 Å². The molecule has 4 rings (SSSR count). The molecule has 1 heterocycles. The molecule has 0 radical (unpaired) electrons. The van der Waals surface area contributed by atoms with E-state index in [-0.39, 0.29) is 29.9 Å². The number of nitrogens with one attached hydrogen (secondary N) is 2. The molecule has 2 aliphatic rings. The number of halogens is 1. The standard InChI is InChI=1S/C19H17FN2O4/c1-10-6-13(10)18(23)22-15-4-2-11(20)7-14(15)19(24)21-12-3-5-16-17(8-12)26-9-25-16/h2-5,7-8,10,13H,6,9H2,1H3,(H,21,24)(H,22,23)/t10-,13+/m1/s1. The third-order valence-corrected chi connectivity index (χ3v) is 4.56. The zero-order valence-electron chi connectivity index (χ0n) is 14.0. The Morgan fingerprint density at radius 3 is 2.62 bits per heavy atom. The lowest BCUT2D eigenvalue weighted by Crippen LogP contribution is -2.19. The maximum atomic E-state index is 13.7. The highest BCUT2D eigenvalue weighted by Gasteiger charge is 2.39. The van der Waals surface area contributed by atoms with E-state index in [1.165, 1.54) is 12.1 Å². The molecule has 6 nitrogen and oxygen atoms in total. The van der Waals surface area contributed by atoms with Crippen LogP contribution in [0.5, 0.6) is 11.5 Å². The maximum Gasteiger partial charge on any atom is 0.257 e. The molecule has 0 bridgehead atoms. The second-order valence-electron chi connectivity index (χ2n) is 6.52. The largest absolute Gasteiger partial charge is 0.454 e. The van der Waals surface area contributed by atoms with Crippen molar-refractivity contribution >= 4 is 23.2 Å². The SMILES string of the molecule is C[C@@H]1C[C@@H]1C(=O)Nc1ccc(F)cc1C(=O)Nc1ccc2c(c1)OCO2. The van der Waals surface area contributed by atoms with Crippen LogP contribution in [0.15, 0.2) is 36.4 Å². The minimum Gasteiger partial charge on any atom is -0.454 e. The molecular formula is C19H17FN2O4. The second kappa shape index (κ2) is 6.33. The maximum absolute atomic E-state index is 13.7. The highest BCUT2D eigenvalue weighted by atomic mass is 19.1. The Kier molecular flexibility index (Phi) is 3.99. The molecule has 1 aliphatic heterocycles. The van der Waals surface area contributed by atoms with Gasteiger partial charge in [-0.1, -0.05) is 6.92 Å². The van der Waals surface area contributed by atoms with Gasteiger partial charge in [-0.3, -0.25) is 9.59 Å². The van der Waals surface area contributed by atoms with Crippen LogP contribution in [0.1, 0.15) is 23.7 Å². The fraction of sp³-hybridized carbons (Fsp3) is 0.263. The molecule has 0 aromatic heterocycles. The molecule has 26 heavy (non-hydrogen) atoms. The van der Waals surface area contributed by atoms with Crippen LogP contribution < -0.4 is 20.1 Å². The first-order chi connectivity index (χ1) is 12.5. The summed E-state index contributed by atoms with van der Waals surface area (Å²) < 4.78 is 24.2. The van der Waals surface area contributed by atoms with Crippen molar-refractivity contribution in [1.29, 1.82) is 0 Å². The van der Waals surface area contributed by atoms with Crippen LogP contribution in [0.3, 0.4) is 0 Å². The molecule has 0 saturated heterocycles. The van der Waals surface area contributed by atoms with Gasteiger partial charge in [-0.2, -0.15) is 0 Å². The summed E-state index contributed by atoms with van der Waals surface area (Å²) in [6, 6.07) is 8.69. The zero-order chi connectivity index (χ0) is 18.3. The van der Waals surface area contributed by atoms with E-state index in [2.05, 4.69) is 10.6 Å². The molecule has 1 saturated carbocycles. The number of anilines is 2. The Bertz CT molecular complexity index is 899. The van der Waals surface area contributed by atoms with Crippen molar-refractivity contribution in [2.24, 2.45) is 11.8 Å². The molecule has 7 heteroatoms. The van der Waals surface area contributed by atoms with Crippen LogP contribution in [0.25, 0.3) is 0 Å². The topological polar surface area (TPSA) is 76.7 Å². The van der Waals surface area contributed by atoms with E-state index in [4.69, 9.17) is 9.47 Å². The van der Waals surface area contributed by atoms with Crippen molar-refractivity contribution < 1.29 is 23.5 Å². The van der Waals surface area contributed by atoms with Crippen molar-refractivity contribution in [2.75, 3.05) is 17.4 Å². The number of hydrogen-bond donors (Lipinski definition) is 2. The number of fused-ring (bicyclic) bond motifs is 1. The van der Waals surface area contributed by atoms with E-state index in [1.807, 2.05) is 6.92 Å². The Hall–Kier alpha value is -3.09. The number of amides is 2.